The van der Waals surface area contributed by atoms with Gasteiger partial charge in [0, 0.05) is 25.7 Å². The van der Waals surface area contributed by atoms with E-state index in [4.69, 9.17) is 4.74 Å². The molecule has 1 aliphatic carbocycles. The first-order valence-electron chi connectivity index (χ1n) is 9.89. The van der Waals surface area contributed by atoms with Gasteiger partial charge in [-0.1, -0.05) is 19.1 Å². The van der Waals surface area contributed by atoms with Crippen LogP contribution in [0.3, 0.4) is 0 Å². The Morgan fingerprint density at radius 3 is 2.34 bits per heavy atom. The Bertz CT molecular complexity index is 953. The summed E-state index contributed by atoms with van der Waals surface area (Å²) < 4.78 is 32.6. The van der Waals surface area contributed by atoms with E-state index in [1.807, 2.05) is 4.90 Å². The molecule has 0 bridgehead atoms. The molecular weight excluding hydrogens is 388 g/mol. The lowest BCUT2D eigenvalue weighted by atomic mass is 10.2. The number of benzene rings is 2. The normalized spacial score (nSPS) is 13.8. The lowest BCUT2D eigenvalue weighted by Crippen LogP contribution is -2.33. The van der Waals surface area contributed by atoms with Crippen LogP contribution in [0.5, 0.6) is 5.75 Å². The molecule has 6 nitrogen and oxygen atoms in total. The Kier molecular flexibility index (Phi) is 6.47. The Balaban J connectivity index is 1.81. The highest BCUT2D eigenvalue weighted by Gasteiger charge is 2.28. The summed E-state index contributed by atoms with van der Waals surface area (Å²) in [5, 5.41) is 0. The molecule has 1 amide bonds. The molecule has 29 heavy (non-hydrogen) atoms. The molecule has 0 saturated heterocycles. The van der Waals surface area contributed by atoms with Crippen LogP contribution >= 0.6 is 0 Å². The highest BCUT2D eigenvalue weighted by Crippen LogP contribution is 2.32. The molecule has 0 aromatic heterocycles. The molecule has 0 unspecified atom stereocenters. The molecule has 2 aromatic rings. The predicted octanol–water partition coefficient (Wildman–Crippen LogP) is 3.78. The first-order chi connectivity index (χ1) is 13.9. The molecular formula is C22H28N2O4S. The minimum absolute atomic E-state index is 0.0409. The van der Waals surface area contributed by atoms with Gasteiger partial charge < -0.3 is 9.64 Å². The van der Waals surface area contributed by atoms with Gasteiger partial charge in [0.2, 0.25) is 0 Å². The SMILES string of the molecule is CCCN(CC1CC1)C(=O)c1ccc(S(=O)(=O)N(C)c2ccccc2OC)cc1. The van der Waals surface area contributed by atoms with Crippen molar-refractivity contribution in [2.24, 2.45) is 5.92 Å². The van der Waals surface area contributed by atoms with Crippen LogP contribution in [0.4, 0.5) is 5.69 Å². The molecule has 7 heteroatoms. The second-order valence-electron chi connectivity index (χ2n) is 7.36. The number of carbonyl (C=O) groups is 1. The van der Waals surface area contributed by atoms with Gasteiger partial charge in [-0.3, -0.25) is 9.10 Å². The summed E-state index contributed by atoms with van der Waals surface area (Å²) >= 11 is 0. The van der Waals surface area contributed by atoms with Crippen LogP contribution in [0.15, 0.2) is 53.4 Å². The Morgan fingerprint density at radius 2 is 1.76 bits per heavy atom. The summed E-state index contributed by atoms with van der Waals surface area (Å²) in [5.74, 6) is 1.04. The third-order valence-corrected chi connectivity index (χ3v) is 6.93. The first-order valence-corrected chi connectivity index (χ1v) is 11.3. The second kappa shape index (κ2) is 8.86. The van der Waals surface area contributed by atoms with Crippen LogP contribution in [0, 0.1) is 5.92 Å². The van der Waals surface area contributed by atoms with Gasteiger partial charge in [-0.05, 0) is 61.6 Å². The van der Waals surface area contributed by atoms with Crippen molar-refractivity contribution >= 4 is 21.6 Å². The maximum Gasteiger partial charge on any atom is 0.264 e. The van der Waals surface area contributed by atoms with Crippen molar-refractivity contribution in [1.29, 1.82) is 0 Å². The van der Waals surface area contributed by atoms with Crippen LogP contribution in [0.25, 0.3) is 0 Å². The predicted molar refractivity (Wildman–Crippen MR) is 114 cm³/mol. The average molecular weight is 417 g/mol. The zero-order valence-electron chi connectivity index (χ0n) is 17.2. The zero-order valence-corrected chi connectivity index (χ0v) is 18.0. The van der Waals surface area contributed by atoms with Crippen LogP contribution in [0.2, 0.25) is 0 Å². The second-order valence-corrected chi connectivity index (χ2v) is 9.33. The molecule has 1 aliphatic rings. The van der Waals surface area contributed by atoms with Gasteiger partial charge in [0.25, 0.3) is 15.9 Å². The lowest BCUT2D eigenvalue weighted by Gasteiger charge is -2.23. The third-order valence-electron chi connectivity index (χ3n) is 5.14. The van der Waals surface area contributed by atoms with Crippen molar-refractivity contribution in [3.8, 4) is 5.75 Å². The molecule has 0 N–H and O–H groups in total. The molecule has 2 aromatic carbocycles. The Hall–Kier alpha value is -2.54. The van der Waals surface area contributed by atoms with Gasteiger partial charge in [-0.15, -0.1) is 0 Å². The highest BCUT2D eigenvalue weighted by atomic mass is 32.2. The fraction of sp³-hybridized carbons (Fsp3) is 0.409. The van der Waals surface area contributed by atoms with Gasteiger partial charge in [-0.2, -0.15) is 0 Å². The molecule has 3 rings (SSSR count). The molecule has 0 spiro atoms. The number of hydrogen-bond acceptors (Lipinski definition) is 4. The smallest absolute Gasteiger partial charge is 0.264 e. The Morgan fingerprint density at radius 1 is 1.10 bits per heavy atom. The number of anilines is 1. The summed E-state index contributed by atoms with van der Waals surface area (Å²) in [5.41, 5.74) is 0.965. The van der Waals surface area contributed by atoms with Gasteiger partial charge in [0.1, 0.15) is 5.75 Å². The number of amides is 1. The number of para-hydroxylation sites is 2. The van der Waals surface area contributed by atoms with E-state index in [0.29, 0.717) is 29.5 Å². The van der Waals surface area contributed by atoms with Gasteiger partial charge >= 0.3 is 0 Å². The number of carbonyl (C=O) groups excluding carboxylic acids is 1. The third kappa shape index (κ3) is 4.72. The van der Waals surface area contributed by atoms with E-state index in [1.54, 1.807) is 36.4 Å². The van der Waals surface area contributed by atoms with Crippen molar-refractivity contribution in [1.82, 2.24) is 4.90 Å². The van der Waals surface area contributed by atoms with Crippen molar-refractivity contribution in [2.45, 2.75) is 31.1 Å². The number of hydrogen-bond donors (Lipinski definition) is 0. The quantitative estimate of drug-likeness (QED) is 0.624. The molecule has 1 fully saturated rings. The van der Waals surface area contributed by atoms with E-state index in [1.165, 1.54) is 43.4 Å². The number of sulfonamides is 1. The summed E-state index contributed by atoms with van der Waals surface area (Å²) in [7, 11) is -0.784. The molecule has 0 heterocycles. The topological polar surface area (TPSA) is 66.9 Å². The van der Waals surface area contributed by atoms with E-state index >= 15 is 0 Å². The van der Waals surface area contributed by atoms with Crippen molar-refractivity contribution in [2.75, 3.05) is 31.6 Å². The van der Waals surface area contributed by atoms with Crippen molar-refractivity contribution in [3.05, 3.63) is 54.1 Å². The van der Waals surface area contributed by atoms with Crippen LogP contribution in [-0.2, 0) is 10.0 Å². The largest absolute Gasteiger partial charge is 0.495 e. The standard InChI is InChI=1S/C22H28N2O4S/c1-4-15-24(16-17-9-10-17)22(25)18-11-13-19(14-12-18)29(26,27)23(2)20-7-5-6-8-21(20)28-3/h5-8,11-14,17H,4,9-10,15-16H2,1-3H3. The minimum atomic E-state index is -3.78. The summed E-state index contributed by atoms with van der Waals surface area (Å²) in [4.78, 5) is 14.9. The van der Waals surface area contributed by atoms with E-state index < -0.39 is 10.0 Å². The summed E-state index contributed by atoms with van der Waals surface area (Å²) in [6.45, 7) is 3.55. The van der Waals surface area contributed by atoms with Crippen molar-refractivity contribution in [3.63, 3.8) is 0 Å². The first kappa shape index (κ1) is 21.2. The molecule has 0 atom stereocenters. The van der Waals surface area contributed by atoms with Crippen LogP contribution in [0.1, 0.15) is 36.5 Å². The molecule has 156 valence electrons. The maximum absolute atomic E-state index is 13.0. The average Bonchev–Trinajstić information content (AvgIpc) is 3.56. The molecule has 0 radical (unpaired) electrons. The zero-order chi connectivity index (χ0) is 21.0. The van der Waals surface area contributed by atoms with Gasteiger partial charge in [-0.25, -0.2) is 8.42 Å². The summed E-state index contributed by atoms with van der Waals surface area (Å²) in [6, 6.07) is 13.1. The van der Waals surface area contributed by atoms with E-state index in [0.717, 1.165) is 13.0 Å². The van der Waals surface area contributed by atoms with E-state index in [2.05, 4.69) is 6.92 Å². The summed E-state index contributed by atoms with van der Waals surface area (Å²) in [6.07, 6.45) is 3.26. The Labute approximate surface area is 173 Å². The number of nitrogens with zero attached hydrogens (tertiary/aromatic N) is 2. The fourth-order valence-electron chi connectivity index (χ4n) is 3.29. The lowest BCUT2D eigenvalue weighted by molar-refractivity contribution is 0.0747. The van der Waals surface area contributed by atoms with E-state index in [9.17, 15) is 13.2 Å². The number of methoxy groups -OCH3 is 1. The van der Waals surface area contributed by atoms with Gasteiger partial charge in [0.05, 0.1) is 17.7 Å². The fourth-order valence-corrected chi connectivity index (χ4v) is 4.49. The van der Waals surface area contributed by atoms with Crippen molar-refractivity contribution < 1.29 is 17.9 Å². The minimum Gasteiger partial charge on any atom is -0.495 e. The maximum atomic E-state index is 13.0. The van der Waals surface area contributed by atoms with Crippen LogP contribution in [-0.4, -0.2) is 46.5 Å². The van der Waals surface area contributed by atoms with E-state index in [-0.39, 0.29) is 10.8 Å². The highest BCUT2D eigenvalue weighted by molar-refractivity contribution is 7.92. The molecule has 0 aliphatic heterocycles. The van der Waals surface area contributed by atoms with Gasteiger partial charge in [0.15, 0.2) is 0 Å². The number of ether oxygens (including phenoxy) is 1. The molecule has 1 saturated carbocycles. The monoisotopic (exact) mass is 416 g/mol. The number of rotatable bonds is 9. The van der Waals surface area contributed by atoms with Crippen LogP contribution < -0.4 is 9.04 Å².